The van der Waals surface area contributed by atoms with E-state index in [4.69, 9.17) is 4.42 Å². The molecule has 2 heterocycles. The van der Waals surface area contributed by atoms with Crippen molar-refractivity contribution in [1.29, 1.82) is 0 Å². The van der Waals surface area contributed by atoms with Gasteiger partial charge < -0.3 is 9.73 Å². The van der Waals surface area contributed by atoms with Crippen molar-refractivity contribution in [3.63, 3.8) is 0 Å². The predicted molar refractivity (Wildman–Crippen MR) is 78.9 cm³/mol. The Balaban J connectivity index is 1.74. The van der Waals surface area contributed by atoms with Crippen LogP contribution < -0.4 is 5.32 Å². The van der Waals surface area contributed by atoms with Crippen LogP contribution in [0.1, 0.15) is 48.4 Å². The Labute approximate surface area is 122 Å². The summed E-state index contributed by atoms with van der Waals surface area (Å²) in [5.41, 5.74) is 0.416. The van der Waals surface area contributed by atoms with Gasteiger partial charge in [-0.1, -0.05) is 25.3 Å². The van der Waals surface area contributed by atoms with Crippen molar-refractivity contribution in [3.05, 3.63) is 29.0 Å². The van der Waals surface area contributed by atoms with Crippen LogP contribution in [-0.2, 0) is 0 Å². The van der Waals surface area contributed by atoms with E-state index in [1.807, 2.05) is 17.5 Å². The van der Waals surface area contributed by atoms with Crippen LogP contribution >= 0.6 is 11.3 Å². The second-order valence-corrected chi connectivity index (χ2v) is 6.16. The molecule has 106 valence electrons. The van der Waals surface area contributed by atoms with E-state index in [1.54, 1.807) is 18.3 Å². The van der Waals surface area contributed by atoms with Crippen molar-refractivity contribution < 1.29 is 9.21 Å². The molecule has 3 rings (SSSR count). The maximum Gasteiger partial charge on any atom is 0.273 e. The lowest BCUT2D eigenvalue weighted by Crippen LogP contribution is -2.36. The van der Waals surface area contributed by atoms with Crippen molar-refractivity contribution >= 4 is 17.2 Å². The summed E-state index contributed by atoms with van der Waals surface area (Å²) in [6.07, 6.45) is 5.81. The molecule has 0 radical (unpaired) electrons. The zero-order valence-corrected chi connectivity index (χ0v) is 12.3. The molecular weight excluding hydrogens is 272 g/mol. The number of carbonyl (C=O) groups is 1. The lowest BCUT2D eigenvalue weighted by molar-refractivity contribution is 0.0922. The van der Waals surface area contributed by atoms with Crippen molar-refractivity contribution in [1.82, 2.24) is 10.3 Å². The first-order chi connectivity index (χ1) is 9.74. The number of aryl methyl sites for hydroxylation is 1. The molecule has 20 heavy (non-hydrogen) atoms. The van der Waals surface area contributed by atoms with Crippen LogP contribution in [0.2, 0.25) is 0 Å². The molecule has 2 aromatic rings. The van der Waals surface area contributed by atoms with Gasteiger partial charge in [0.05, 0.1) is 4.88 Å². The average molecular weight is 290 g/mol. The molecule has 0 atom stereocenters. The van der Waals surface area contributed by atoms with Gasteiger partial charge in [-0.2, -0.15) is 0 Å². The summed E-state index contributed by atoms with van der Waals surface area (Å²) in [4.78, 5) is 17.6. The number of thiophene rings is 1. The molecule has 0 bridgehead atoms. The van der Waals surface area contributed by atoms with Gasteiger partial charge in [0.2, 0.25) is 5.89 Å². The fourth-order valence-corrected chi connectivity index (χ4v) is 3.26. The van der Waals surface area contributed by atoms with Crippen molar-refractivity contribution in [3.8, 4) is 10.8 Å². The standard InChI is InChI=1S/C15H18N2O2S/c1-10-13(14(18)16-11-6-3-2-4-7-11)17-15(19-10)12-8-5-9-20-12/h5,8-9,11H,2-4,6-7H2,1H3,(H,16,18). The molecule has 4 nitrogen and oxygen atoms in total. The van der Waals surface area contributed by atoms with Gasteiger partial charge >= 0.3 is 0 Å². The average Bonchev–Trinajstić information content (AvgIpc) is 3.08. The second-order valence-electron chi connectivity index (χ2n) is 5.21. The van der Waals surface area contributed by atoms with Crippen LogP contribution in [0.15, 0.2) is 21.9 Å². The van der Waals surface area contributed by atoms with E-state index in [1.165, 1.54) is 19.3 Å². The van der Waals surface area contributed by atoms with Crippen molar-refractivity contribution in [2.24, 2.45) is 0 Å². The number of hydrogen-bond acceptors (Lipinski definition) is 4. The first-order valence-electron chi connectivity index (χ1n) is 7.06. The molecule has 1 aliphatic rings. The molecule has 0 saturated heterocycles. The van der Waals surface area contributed by atoms with Crippen LogP contribution in [0.5, 0.6) is 0 Å². The largest absolute Gasteiger partial charge is 0.440 e. The fraction of sp³-hybridized carbons (Fsp3) is 0.467. The summed E-state index contributed by atoms with van der Waals surface area (Å²) >= 11 is 1.56. The van der Waals surface area contributed by atoms with Gasteiger partial charge in [0.25, 0.3) is 5.91 Å². The van der Waals surface area contributed by atoms with E-state index in [0.29, 0.717) is 17.3 Å². The van der Waals surface area contributed by atoms with Crippen molar-refractivity contribution in [2.75, 3.05) is 0 Å². The molecule has 1 saturated carbocycles. The summed E-state index contributed by atoms with van der Waals surface area (Å²) in [5, 5.41) is 5.05. The molecule has 0 aromatic carbocycles. The molecule has 0 aliphatic heterocycles. The number of rotatable bonds is 3. The minimum atomic E-state index is -0.110. The van der Waals surface area contributed by atoms with E-state index in [2.05, 4.69) is 10.3 Å². The number of amides is 1. The van der Waals surface area contributed by atoms with Crippen molar-refractivity contribution in [2.45, 2.75) is 45.1 Å². The van der Waals surface area contributed by atoms with Crippen LogP contribution in [0, 0.1) is 6.92 Å². The topological polar surface area (TPSA) is 55.1 Å². The summed E-state index contributed by atoms with van der Waals surface area (Å²) < 4.78 is 5.61. The first kappa shape index (κ1) is 13.4. The molecule has 5 heteroatoms. The van der Waals surface area contributed by atoms with E-state index in [-0.39, 0.29) is 11.9 Å². The molecule has 1 aliphatic carbocycles. The first-order valence-corrected chi connectivity index (χ1v) is 7.94. The lowest BCUT2D eigenvalue weighted by atomic mass is 9.95. The Kier molecular flexibility index (Phi) is 3.87. The zero-order valence-electron chi connectivity index (χ0n) is 11.5. The normalized spacial score (nSPS) is 16.2. The summed E-state index contributed by atoms with van der Waals surface area (Å²) in [6.45, 7) is 1.79. The van der Waals surface area contributed by atoms with Gasteiger partial charge in [0.1, 0.15) is 5.76 Å². The lowest BCUT2D eigenvalue weighted by Gasteiger charge is -2.22. The fourth-order valence-electron chi connectivity index (χ4n) is 2.61. The number of hydrogen-bond donors (Lipinski definition) is 1. The second kappa shape index (κ2) is 5.79. The Hall–Kier alpha value is -1.62. The highest BCUT2D eigenvalue weighted by Crippen LogP contribution is 2.26. The Morgan fingerprint density at radius 3 is 2.90 bits per heavy atom. The van der Waals surface area contributed by atoms with Gasteiger partial charge in [-0.15, -0.1) is 11.3 Å². The van der Waals surface area contributed by atoms with Crippen LogP contribution in [-0.4, -0.2) is 16.9 Å². The number of nitrogens with zero attached hydrogens (tertiary/aromatic N) is 1. The van der Waals surface area contributed by atoms with E-state index >= 15 is 0 Å². The summed E-state index contributed by atoms with van der Waals surface area (Å²) in [7, 11) is 0. The molecule has 1 N–H and O–H groups in total. The highest BCUT2D eigenvalue weighted by atomic mass is 32.1. The molecular formula is C15H18N2O2S. The van der Waals surface area contributed by atoms with E-state index < -0.39 is 0 Å². The molecule has 2 aromatic heterocycles. The van der Waals surface area contributed by atoms with Gasteiger partial charge in [0.15, 0.2) is 5.69 Å². The number of aromatic nitrogens is 1. The SMILES string of the molecule is Cc1oc(-c2cccs2)nc1C(=O)NC1CCCCC1. The Morgan fingerprint density at radius 2 is 2.20 bits per heavy atom. The minimum Gasteiger partial charge on any atom is -0.440 e. The third-order valence-corrected chi connectivity index (χ3v) is 4.54. The summed E-state index contributed by atoms with van der Waals surface area (Å²) in [6, 6.07) is 4.18. The monoisotopic (exact) mass is 290 g/mol. The van der Waals surface area contributed by atoms with Gasteiger partial charge in [-0.25, -0.2) is 4.98 Å². The number of nitrogens with one attached hydrogen (secondary N) is 1. The molecule has 0 unspecified atom stereocenters. The Bertz CT molecular complexity index is 583. The smallest absolute Gasteiger partial charge is 0.273 e. The van der Waals surface area contributed by atoms with Gasteiger partial charge in [-0.05, 0) is 31.2 Å². The quantitative estimate of drug-likeness (QED) is 0.936. The Morgan fingerprint density at radius 1 is 1.40 bits per heavy atom. The maximum atomic E-state index is 12.3. The van der Waals surface area contributed by atoms with E-state index in [0.717, 1.165) is 17.7 Å². The molecule has 0 spiro atoms. The highest BCUT2D eigenvalue weighted by molar-refractivity contribution is 7.13. The zero-order chi connectivity index (χ0) is 13.9. The van der Waals surface area contributed by atoms with Gasteiger partial charge in [0, 0.05) is 6.04 Å². The van der Waals surface area contributed by atoms with E-state index in [9.17, 15) is 4.79 Å². The highest BCUT2D eigenvalue weighted by Gasteiger charge is 2.22. The molecule has 1 amide bonds. The number of oxazole rings is 1. The molecule has 1 fully saturated rings. The third kappa shape index (κ3) is 2.77. The minimum absolute atomic E-state index is 0.110. The predicted octanol–water partition coefficient (Wildman–Crippen LogP) is 3.77. The maximum absolute atomic E-state index is 12.3. The summed E-state index contributed by atoms with van der Waals surface area (Å²) in [5.74, 6) is 1.01. The third-order valence-electron chi connectivity index (χ3n) is 3.68. The van der Waals surface area contributed by atoms with Crippen LogP contribution in [0.25, 0.3) is 10.8 Å². The van der Waals surface area contributed by atoms with Crippen LogP contribution in [0.3, 0.4) is 0 Å². The van der Waals surface area contributed by atoms with Gasteiger partial charge in [-0.3, -0.25) is 4.79 Å². The number of carbonyl (C=O) groups excluding carboxylic acids is 1. The van der Waals surface area contributed by atoms with Crippen LogP contribution in [0.4, 0.5) is 0 Å².